The Morgan fingerprint density at radius 1 is 1.23 bits per heavy atom. The molecule has 1 amide bonds. The second-order valence-electron chi connectivity index (χ2n) is 6.00. The van der Waals surface area contributed by atoms with Gasteiger partial charge in [-0.15, -0.1) is 0 Å². The van der Waals surface area contributed by atoms with Crippen LogP contribution in [0.15, 0.2) is 53.6 Å². The molecule has 0 saturated heterocycles. The molecule has 26 heavy (non-hydrogen) atoms. The number of aryl methyl sites for hydroxylation is 1. The lowest BCUT2D eigenvalue weighted by molar-refractivity contribution is -0.297. The molecule has 136 valence electrons. The van der Waals surface area contributed by atoms with E-state index < -0.39 is 24.2 Å². The number of carbonyl (C=O) groups excluding carboxylic acids is 1. The molecule has 8 heteroatoms. The number of benzene rings is 2. The van der Waals surface area contributed by atoms with Gasteiger partial charge in [-0.3, -0.25) is 4.79 Å². The zero-order valence-electron chi connectivity index (χ0n) is 13.6. The number of amides is 1. The summed E-state index contributed by atoms with van der Waals surface area (Å²) >= 11 is 6.00. The highest BCUT2D eigenvalue weighted by atomic mass is 35.5. The average molecular weight is 383 g/mol. The molecule has 3 rings (SSSR count). The predicted molar refractivity (Wildman–Crippen MR) is 91.0 cm³/mol. The molecule has 0 saturated carbocycles. The van der Waals surface area contributed by atoms with E-state index in [1.165, 1.54) is 12.1 Å². The number of alkyl halides is 3. The highest BCUT2D eigenvalue weighted by Crippen LogP contribution is 2.42. The third-order valence-electron chi connectivity index (χ3n) is 4.09. The van der Waals surface area contributed by atoms with Crippen LogP contribution in [0.5, 0.6) is 0 Å². The molecule has 4 nitrogen and oxygen atoms in total. The van der Waals surface area contributed by atoms with Gasteiger partial charge in [0.25, 0.3) is 11.6 Å². The molecular formula is C18H14ClF3N2O2. The maximum atomic E-state index is 13.6. The van der Waals surface area contributed by atoms with Gasteiger partial charge in [-0.05, 0) is 30.2 Å². The normalized spacial score (nSPS) is 20.2. The Bertz CT molecular complexity index is 884. The van der Waals surface area contributed by atoms with Gasteiger partial charge < -0.3 is 5.11 Å². The van der Waals surface area contributed by atoms with Gasteiger partial charge in [0.15, 0.2) is 0 Å². The minimum atomic E-state index is -5.10. The maximum absolute atomic E-state index is 13.6. The van der Waals surface area contributed by atoms with Gasteiger partial charge in [-0.25, -0.2) is 0 Å². The second-order valence-corrected chi connectivity index (χ2v) is 6.41. The minimum Gasteiger partial charge on any atom is -0.362 e. The molecule has 1 heterocycles. The number of rotatable bonds is 2. The third kappa shape index (κ3) is 3.08. The number of hydrogen-bond donors (Lipinski definition) is 1. The summed E-state index contributed by atoms with van der Waals surface area (Å²) in [6, 6.07) is 12.4. The summed E-state index contributed by atoms with van der Waals surface area (Å²) in [4.78, 5) is 12.7. The molecule has 2 aromatic carbocycles. The molecule has 1 aliphatic rings. The Hall–Kier alpha value is -2.38. The van der Waals surface area contributed by atoms with E-state index in [0.717, 1.165) is 5.56 Å². The van der Waals surface area contributed by atoms with E-state index in [1.54, 1.807) is 43.3 Å². The van der Waals surface area contributed by atoms with Crippen LogP contribution in [0.2, 0.25) is 5.02 Å². The van der Waals surface area contributed by atoms with Crippen LogP contribution in [-0.4, -0.2) is 33.6 Å². The first-order valence-corrected chi connectivity index (χ1v) is 8.04. The molecule has 0 spiro atoms. The van der Waals surface area contributed by atoms with Crippen LogP contribution in [-0.2, 0) is 0 Å². The molecule has 0 bridgehead atoms. The first-order valence-electron chi connectivity index (χ1n) is 7.66. The van der Waals surface area contributed by atoms with Gasteiger partial charge in [-0.2, -0.15) is 23.3 Å². The fraction of sp³-hybridized carbons (Fsp3) is 0.222. The fourth-order valence-electron chi connectivity index (χ4n) is 2.68. The van der Waals surface area contributed by atoms with E-state index in [4.69, 9.17) is 11.6 Å². The molecular weight excluding hydrogens is 369 g/mol. The van der Waals surface area contributed by atoms with E-state index in [1.807, 2.05) is 0 Å². The SMILES string of the molecule is Cc1ccc(C(=O)N2N=C(c3ccccc3)C[C@@]2(O)C(F)(F)F)c(Cl)c1. The highest BCUT2D eigenvalue weighted by molar-refractivity contribution is 6.34. The van der Waals surface area contributed by atoms with Gasteiger partial charge in [0.1, 0.15) is 0 Å². The van der Waals surface area contributed by atoms with E-state index in [2.05, 4.69) is 5.10 Å². The highest BCUT2D eigenvalue weighted by Gasteiger charge is 2.63. The van der Waals surface area contributed by atoms with Crippen LogP contribution in [0.4, 0.5) is 13.2 Å². The lowest BCUT2D eigenvalue weighted by atomic mass is 10.0. The van der Waals surface area contributed by atoms with Gasteiger partial charge in [0.05, 0.1) is 22.7 Å². The summed E-state index contributed by atoms with van der Waals surface area (Å²) in [5.41, 5.74) is -2.52. The molecule has 0 aromatic heterocycles. The molecule has 0 fully saturated rings. The minimum absolute atomic E-state index is 0.0112. The topological polar surface area (TPSA) is 52.9 Å². The van der Waals surface area contributed by atoms with Crippen molar-refractivity contribution in [3.05, 3.63) is 70.2 Å². The van der Waals surface area contributed by atoms with Crippen molar-refractivity contribution in [2.45, 2.75) is 25.2 Å². The van der Waals surface area contributed by atoms with Crippen molar-refractivity contribution in [3.8, 4) is 0 Å². The Balaban J connectivity index is 2.08. The van der Waals surface area contributed by atoms with E-state index in [9.17, 15) is 23.1 Å². The first-order chi connectivity index (χ1) is 12.1. The van der Waals surface area contributed by atoms with Crippen molar-refractivity contribution in [1.29, 1.82) is 0 Å². The van der Waals surface area contributed by atoms with Crippen LogP contribution >= 0.6 is 11.6 Å². The largest absolute Gasteiger partial charge is 0.438 e. The smallest absolute Gasteiger partial charge is 0.362 e. The predicted octanol–water partition coefficient (Wildman–Crippen LogP) is 4.15. The van der Waals surface area contributed by atoms with Crippen LogP contribution in [0.25, 0.3) is 0 Å². The summed E-state index contributed by atoms with van der Waals surface area (Å²) in [5.74, 6) is -1.12. The van der Waals surface area contributed by atoms with Crippen molar-refractivity contribution in [3.63, 3.8) is 0 Å². The van der Waals surface area contributed by atoms with Gasteiger partial charge in [0, 0.05) is 0 Å². The fourth-order valence-corrected chi connectivity index (χ4v) is 2.99. The van der Waals surface area contributed by atoms with Gasteiger partial charge in [0.2, 0.25) is 0 Å². The summed E-state index contributed by atoms with van der Waals surface area (Å²) in [6.45, 7) is 1.73. The average Bonchev–Trinajstić information content (AvgIpc) is 2.94. The quantitative estimate of drug-likeness (QED) is 0.848. The summed E-state index contributed by atoms with van der Waals surface area (Å²) in [7, 11) is 0. The van der Waals surface area contributed by atoms with Crippen molar-refractivity contribution >= 4 is 23.2 Å². The Labute approximate surface area is 152 Å². The standard InChI is InChI=1S/C18H14ClF3N2O2/c1-11-7-8-13(14(19)9-11)16(25)24-17(26,18(20,21)22)10-15(23-24)12-5-3-2-4-6-12/h2-9,26H,10H2,1H3/t17-/m1/s1. The van der Waals surface area contributed by atoms with E-state index in [0.29, 0.717) is 5.56 Å². The summed E-state index contributed by atoms with van der Waals surface area (Å²) in [6.07, 6.45) is -5.96. The number of hydrazone groups is 1. The number of hydrogen-bond acceptors (Lipinski definition) is 3. The lowest BCUT2D eigenvalue weighted by Crippen LogP contribution is -2.56. The molecule has 0 aliphatic carbocycles. The third-order valence-corrected chi connectivity index (χ3v) is 4.41. The molecule has 1 aliphatic heterocycles. The Kier molecular flexibility index (Phi) is 4.54. The molecule has 0 unspecified atom stereocenters. The number of aliphatic hydroxyl groups is 1. The van der Waals surface area contributed by atoms with Crippen molar-refractivity contribution < 1.29 is 23.1 Å². The Morgan fingerprint density at radius 3 is 2.46 bits per heavy atom. The van der Waals surface area contributed by atoms with Crippen LogP contribution in [0.3, 0.4) is 0 Å². The maximum Gasteiger partial charge on any atom is 0.438 e. The van der Waals surface area contributed by atoms with E-state index in [-0.39, 0.29) is 21.3 Å². The number of halogens is 4. The molecule has 0 radical (unpaired) electrons. The molecule has 1 N–H and O–H groups in total. The van der Waals surface area contributed by atoms with Crippen molar-refractivity contribution in [2.24, 2.45) is 5.10 Å². The first kappa shape index (κ1) is 18.4. The monoisotopic (exact) mass is 382 g/mol. The van der Waals surface area contributed by atoms with Gasteiger partial charge >= 0.3 is 6.18 Å². The van der Waals surface area contributed by atoms with Crippen LogP contribution in [0, 0.1) is 6.92 Å². The lowest BCUT2D eigenvalue weighted by Gasteiger charge is -2.32. The van der Waals surface area contributed by atoms with Gasteiger partial charge in [-0.1, -0.05) is 48.0 Å². The Morgan fingerprint density at radius 2 is 1.88 bits per heavy atom. The summed E-state index contributed by atoms with van der Waals surface area (Å²) < 4.78 is 40.7. The number of carbonyl (C=O) groups is 1. The van der Waals surface area contributed by atoms with Crippen molar-refractivity contribution in [1.82, 2.24) is 5.01 Å². The van der Waals surface area contributed by atoms with Crippen molar-refractivity contribution in [2.75, 3.05) is 0 Å². The molecule has 1 atom stereocenters. The summed E-state index contributed by atoms with van der Waals surface area (Å²) in [5, 5.41) is 14.2. The molecule has 2 aromatic rings. The zero-order chi connectivity index (χ0) is 19.1. The zero-order valence-corrected chi connectivity index (χ0v) is 14.3. The second kappa shape index (κ2) is 6.41. The van der Waals surface area contributed by atoms with E-state index >= 15 is 0 Å². The van der Waals surface area contributed by atoms with Crippen LogP contribution in [0.1, 0.15) is 27.9 Å². The number of nitrogens with zero attached hydrogens (tertiary/aromatic N) is 2. The van der Waals surface area contributed by atoms with Crippen LogP contribution < -0.4 is 0 Å².